The molecule has 0 bridgehead atoms. The largest absolute Gasteiger partial charge is 0.462 e. The molecule has 0 saturated carbocycles. The molecule has 7 nitrogen and oxygen atoms in total. The fourth-order valence-corrected chi connectivity index (χ4v) is 4.09. The van der Waals surface area contributed by atoms with Crippen molar-refractivity contribution >= 4 is 16.0 Å². The lowest BCUT2D eigenvalue weighted by atomic mass is 10.2. The number of hydrogen-bond acceptors (Lipinski definition) is 5. The third kappa shape index (κ3) is 4.32. The normalized spacial score (nSPS) is 16.5. The number of ether oxygens (including phenoxy) is 1. The van der Waals surface area contributed by atoms with Crippen LogP contribution in [0.5, 0.6) is 0 Å². The average Bonchev–Trinajstić information content (AvgIpc) is 2.60. The van der Waals surface area contributed by atoms with Crippen LogP contribution < -0.4 is 4.90 Å². The summed E-state index contributed by atoms with van der Waals surface area (Å²) in [6, 6.07) is 7.94. The summed E-state index contributed by atoms with van der Waals surface area (Å²) in [5, 5.41) is 8.62. The quantitative estimate of drug-likeness (QED) is 0.708. The van der Waals surface area contributed by atoms with Crippen molar-refractivity contribution in [3.8, 4) is 6.07 Å². The lowest BCUT2D eigenvalue weighted by Gasteiger charge is -2.31. The smallest absolute Gasteiger partial charge is 0.338 e. The van der Waals surface area contributed by atoms with Gasteiger partial charge in [0.15, 0.2) is 0 Å². The SMILES string of the molecule is CCOC(=O)c1ccc(S(=O)(=O)N2CC[NH+](CCC#N)CC2)cc1. The van der Waals surface area contributed by atoms with Gasteiger partial charge in [0.1, 0.15) is 0 Å². The van der Waals surface area contributed by atoms with Gasteiger partial charge in [0.25, 0.3) is 0 Å². The molecule has 24 heavy (non-hydrogen) atoms. The molecule has 2 rings (SSSR count). The van der Waals surface area contributed by atoms with Gasteiger partial charge in [0, 0.05) is 0 Å². The van der Waals surface area contributed by atoms with Crippen LogP contribution in [0.25, 0.3) is 0 Å². The van der Waals surface area contributed by atoms with E-state index in [1.807, 2.05) is 0 Å². The Morgan fingerprint density at radius 2 is 1.92 bits per heavy atom. The predicted molar refractivity (Wildman–Crippen MR) is 87.0 cm³/mol. The molecule has 1 aromatic carbocycles. The van der Waals surface area contributed by atoms with Crippen LogP contribution in [-0.4, -0.2) is 58.0 Å². The number of piperazine rings is 1. The summed E-state index contributed by atoms with van der Waals surface area (Å²) in [6.07, 6.45) is 0.484. The van der Waals surface area contributed by atoms with E-state index in [0.717, 1.165) is 6.54 Å². The van der Waals surface area contributed by atoms with Crippen molar-refractivity contribution in [1.82, 2.24) is 4.31 Å². The summed E-state index contributed by atoms with van der Waals surface area (Å²) in [5.41, 5.74) is 0.335. The first-order valence-electron chi connectivity index (χ1n) is 7.97. The molecule has 1 aliphatic heterocycles. The van der Waals surface area contributed by atoms with Crippen LogP contribution in [0.4, 0.5) is 0 Å². The summed E-state index contributed by atoms with van der Waals surface area (Å²) < 4.78 is 31.7. The molecule has 0 aliphatic carbocycles. The summed E-state index contributed by atoms with van der Waals surface area (Å²) in [5.74, 6) is -0.462. The number of carbonyl (C=O) groups is 1. The first-order valence-corrected chi connectivity index (χ1v) is 9.41. The summed E-state index contributed by atoms with van der Waals surface area (Å²) in [7, 11) is -3.56. The molecule has 0 radical (unpaired) electrons. The third-order valence-electron chi connectivity index (χ3n) is 4.02. The number of carbonyl (C=O) groups excluding carboxylic acids is 1. The highest BCUT2D eigenvalue weighted by atomic mass is 32.2. The molecular weight excluding hydrogens is 330 g/mol. The Hall–Kier alpha value is -1.95. The Morgan fingerprint density at radius 3 is 2.46 bits per heavy atom. The van der Waals surface area contributed by atoms with Crippen LogP contribution in [0.3, 0.4) is 0 Å². The number of esters is 1. The van der Waals surface area contributed by atoms with Gasteiger partial charge in [-0.15, -0.1) is 0 Å². The van der Waals surface area contributed by atoms with Crippen LogP contribution in [-0.2, 0) is 14.8 Å². The van der Waals surface area contributed by atoms with Gasteiger partial charge in [-0.2, -0.15) is 9.57 Å². The molecule has 0 atom stereocenters. The number of sulfonamides is 1. The van der Waals surface area contributed by atoms with E-state index < -0.39 is 16.0 Å². The molecule has 1 N–H and O–H groups in total. The van der Waals surface area contributed by atoms with Gasteiger partial charge in [-0.25, -0.2) is 13.2 Å². The van der Waals surface area contributed by atoms with Crippen LogP contribution in [0.15, 0.2) is 29.2 Å². The van der Waals surface area contributed by atoms with E-state index in [1.54, 1.807) is 6.92 Å². The van der Waals surface area contributed by atoms with Gasteiger partial charge in [0.05, 0.1) is 62.3 Å². The second-order valence-electron chi connectivity index (χ2n) is 5.56. The molecule has 0 spiro atoms. The van der Waals surface area contributed by atoms with Crippen LogP contribution >= 0.6 is 0 Å². The standard InChI is InChI=1S/C16H21N3O4S/c1-2-23-16(20)14-4-6-15(7-5-14)24(21,22)19-12-10-18(11-13-19)9-3-8-17/h4-7H,2-3,9-13H2,1H3/p+1. The highest BCUT2D eigenvalue weighted by molar-refractivity contribution is 7.89. The summed E-state index contributed by atoms with van der Waals surface area (Å²) >= 11 is 0. The first-order chi connectivity index (χ1) is 11.5. The monoisotopic (exact) mass is 352 g/mol. The summed E-state index contributed by atoms with van der Waals surface area (Å²) in [4.78, 5) is 13.0. The molecular formula is C16H22N3O4S+. The number of quaternary nitrogens is 1. The van der Waals surface area contributed by atoms with Crippen molar-refractivity contribution in [2.24, 2.45) is 0 Å². The van der Waals surface area contributed by atoms with E-state index in [-0.39, 0.29) is 11.5 Å². The molecule has 1 fully saturated rings. The van der Waals surface area contributed by atoms with E-state index in [1.165, 1.54) is 33.5 Å². The van der Waals surface area contributed by atoms with E-state index in [9.17, 15) is 13.2 Å². The molecule has 1 aliphatic rings. The minimum atomic E-state index is -3.56. The molecule has 1 aromatic rings. The molecule has 8 heteroatoms. The molecule has 1 heterocycles. The zero-order valence-electron chi connectivity index (χ0n) is 13.7. The zero-order valence-corrected chi connectivity index (χ0v) is 14.5. The number of nitriles is 1. The first kappa shape index (κ1) is 18.4. The Kier molecular flexibility index (Phi) is 6.31. The third-order valence-corrected chi connectivity index (χ3v) is 5.94. The second-order valence-corrected chi connectivity index (χ2v) is 7.49. The number of nitrogens with one attached hydrogen (secondary N) is 1. The average molecular weight is 352 g/mol. The number of rotatable bonds is 6. The molecule has 130 valence electrons. The maximum atomic E-state index is 12.7. The predicted octanol–water partition coefficient (Wildman–Crippen LogP) is -0.334. The van der Waals surface area contributed by atoms with Crippen LogP contribution in [0.2, 0.25) is 0 Å². The topological polar surface area (TPSA) is 91.9 Å². The van der Waals surface area contributed by atoms with Crippen molar-refractivity contribution in [1.29, 1.82) is 5.26 Å². The van der Waals surface area contributed by atoms with Crippen molar-refractivity contribution in [3.63, 3.8) is 0 Å². The Balaban J connectivity index is 2.03. The minimum absolute atomic E-state index is 0.177. The Labute approximate surface area is 142 Å². The molecule has 1 saturated heterocycles. The van der Waals surface area contributed by atoms with Gasteiger partial charge < -0.3 is 9.64 Å². The van der Waals surface area contributed by atoms with E-state index in [2.05, 4.69) is 6.07 Å². The lowest BCUT2D eigenvalue weighted by molar-refractivity contribution is -0.903. The minimum Gasteiger partial charge on any atom is -0.462 e. The van der Waals surface area contributed by atoms with E-state index >= 15 is 0 Å². The lowest BCUT2D eigenvalue weighted by Crippen LogP contribution is -3.14. The number of nitrogens with zero attached hydrogens (tertiary/aromatic N) is 2. The number of benzene rings is 1. The Bertz CT molecular complexity index is 702. The fourth-order valence-electron chi connectivity index (χ4n) is 2.65. The highest BCUT2D eigenvalue weighted by Gasteiger charge is 2.30. The number of hydrogen-bond donors (Lipinski definition) is 1. The van der Waals surface area contributed by atoms with Gasteiger partial charge in [0.2, 0.25) is 10.0 Å². The second kappa shape index (κ2) is 8.24. The molecule has 0 amide bonds. The zero-order chi connectivity index (χ0) is 17.6. The van der Waals surface area contributed by atoms with Gasteiger partial charge >= 0.3 is 5.97 Å². The van der Waals surface area contributed by atoms with Gasteiger partial charge in [-0.05, 0) is 31.2 Å². The van der Waals surface area contributed by atoms with Crippen molar-refractivity contribution in [2.75, 3.05) is 39.3 Å². The van der Waals surface area contributed by atoms with Crippen molar-refractivity contribution < 1.29 is 22.8 Å². The van der Waals surface area contributed by atoms with Gasteiger partial charge in [-0.1, -0.05) is 0 Å². The Morgan fingerprint density at radius 1 is 1.29 bits per heavy atom. The molecule has 0 aromatic heterocycles. The highest BCUT2D eigenvalue weighted by Crippen LogP contribution is 2.17. The van der Waals surface area contributed by atoms with Crippen molar-refractivity contribution in [2.45, 2.75) is 18.2 Å². The van der Waals surface area contributed by atoms with E-state index in [4.69, 9.17) is 10.00 Å². The maximum Gasteiger partial charge on any atom is 0.338 e. The fraction of sp³-hybridized carbons (Fsp3) is 0.500. The molecule has 0 unspecified atom stereocenters. The maximum absolute atomic E-state index is 12.7. The summed E-state index contributed by atoms with van der Waals surface area (Å²) in [6.45, 7) is 5.00. The van der Waals surface area contributed by atoms with Crippen LogP contribution in [0.1, 0.15) is 23.7 Å². The van der Waals surface area contributed by atoms with Crippen LogP contribution in [0, 0.1) is 11.3 Å². The van der Waals surface area contributed by atoms with Gasteiger partial charge in [-0.3, -0.25) is 0 Å². The van der Waals surface area contributed by atoms with Crippen molar-refractivity contribution in [3.05, 3.63) is 29.8 Å². The van der Waals surface area contributed by atoms with E-state index in [0.29, 0.717) is 38.2 Å².